The first-order valence-corrected chi connectivity index (χ1v) is 7.37. The van der Waals surface area contributed by atoms with Crippen molar-refractivity contribution >= 4 is 17.0 Å². The van der Waals surface area contributed by atoms with E-state index in [1.807, 2.05) is 0 Å². The van der Waals surface area contributed by atoms with Crippen molar-refractivity contribution in [1.82, 2.24) is 15.5 Å². The molecule has 1 aliphatic carbocycles. The largest absolute Gasteiger partial charge is 0.490 e. The Morgan fingerprint density at radius 3 is 2.95 bits per heavy atom. The molecule has 1 heterocycles. The van der Waals surface area contributed by atoms with Gasteiger partial charge in [-0.25, -0.2) is 0 Å². The molecule has 1 aromatic carbocycles. The molecule has 7 nitrogen and oxygen atoms in total. The molecule has 0 saturated heterocycles. The number of nitro groups is 1. The first-order chi connectivity index (χ1) is 10.2. The molecule has 0 amide bonds. The number of methoxy groups -OCH3 is 1. The van der Waals surface area contributed by atoms with Crippen LogP contribution in [-0.2, 0) is 6.54 Å². The Morgan fingerprint density at radius 2 is 2.29 bits per heavy atom. The van der Waals surface area contributed by atoms with E-state index in [9.17, 15) is 10.1 Å². The number of rotatable bonds is 6. The van der Waals surface area contributed by atoms with Crippen molar-refractivity contribution in [2.24, 2.45) is 0 Å². The number of aromatic nitrogens is 2. The summed E-state index contributed by atoms with van der Waals surface area (Å²) in [5, 5.41) is 24.2. The molecule has 21 heavy (non-hydrogen) atoms. The van der Waals surface area contributed by atoms with Crippen LogP contribution in [0.2, 0.25) is 0 Å². The van der Waals surface area contributed by atoms with Crippen LogP contribution < -0.4 is 10.1 Å². The monoisotopic (exact) mass is 306 g/mol. The fourth-order valence-electron chi connectivity index (χ4n) is 1.93. The Kier molecular flexibility index (Phi) is 3.80. The molecule has 0 unspecified atom stereocenters. The van der Waals surface area contributed by atoms with Gasteiger partial charge in [-0.15, -0.1) is 10.2 Å². The molecule has 110 valence electrons. The van der Waals surface area contributed by atoms with E-state index < -0.39 is 4.92 Å². The van der Waals surface area contributed by atoms with E-state index in [2.05, 4.69) is 15.5 Å². The van der Waals surface area contributed by atoms with Gasteiger partial charge < -0.3 is 10.1 Å². The van der Waals surface area contributed by atoms with E-state index in [1.165, 1.54) is 37.4 Å². The Hall–Kier alpha value is -2.06. The Bertz CT molecular complexity index is 669. The Morgan fingerprint density at radius 1 is 1.48 bits per heavy atom. The molecule has 1 saturated carbocycles. The third kappa shape index (κ3) is 3.17. The molecule has 0 spiro atoms. The fourth-order valence-corrected chi connectivity index (χ4v) is 2.71. The molecule has 1 fully saturated rings. The highest BCUT2D eigenvalue weighted by Gasteiger charge is 2.21. The Labute approximate surface area is 125 Å². The topological polar surface area (TPSA) is 90.2 Å². The van der Waals surface area contributed by atoms with Gasteiger partial charge in [-0.05, 0) is 25.0 Å². The second kappa shape index (κ2) is 5.74. The van der Waals surface area contributed by atoms with Gasteiger partial charge in [-0.3, -0.25) is 10.1 Å². The van der Waals surface area contributed by atoms with Crippen LogP contribution in [0.15, 0.2) is 18.2 Å². The van der Waals surface area contributed by atoms with E-state index in [4.69, 9.17) is 4.74 Å². The highest BCUT2D eigenvalue weighted by Crippen LogP contribution is 2.33. The molecule has 8 heteroatoms. The van der Waals surface area contributed by atoms with Gasteiger partial charge in [0.1, 0.15) is 10.0 Å². The van der Waals surface area contributed by atoms with Crippen molar-refractivity contribution in [3.8, 4) is 16.3 Å². The molecular formula is C13H14N4O3S. The van der Waals surface area contributed by atoms with Gasteiger partial charge in [0.05, 0.1) is 12.0 Å². The summed E-state index contributed by atoms with van der Waals surface area (Å²) in [5.74, 6) is 0.240. The van der Waals surface area contributed by atoms with E-state index in [0.717, 1.165) is 5.01 Å². The Balaban J connectivity index is 1.82. The van der Waals surface area contributed by atoms with Crippen molar-refractivity contribution in [2.75, 3.05) is 7.11 Å². The number of nitrogens with one attached hydrogen (secondary N) is 1. The maximum atomic E-state index is 11.0. The van der Waals surface area contributed by atoms with E-state index in [0.29, 0.717) is 23.2 Å². The molecule has 1 aliphatic rings. The summed E-state index contributed by atoms with van der Waals surface area (Å²) in [4.78, 5) is 10.6. The fraction of sp³-hybridized carbons (Fsp3) is 0.385. The van der Waals surface area contributed by atoms with Gasteiger partial charge in [0.2, 0.25) is 0 Å². The van der Waals surface area contributed by atoms with Crippen LogP contribution in [-0.4, -0.2) is 28.3 Å². The summed E-state index contributed by atoms with van der Waals surface area (Å²) in [6.07, 6.45) is 2.44. The van der Waals surface area contributed by atoms with Crippen molar-refractivity contribution < 1.29 is 9.66 Å². The van der Waals surface area contributed by atoms with Crippen molar-refractivity contribution in [2.45, 2.75) is 25.4 Å². The maximum absolute atomic E-state index is 11.0. The van der Waals surface area contributed by atoms with Gasteiger partial charge >= 0.3 is 5.69 Å². The predicted molar refractivity (Wildman–Crippen MR) is 78.4 cm³/mol. The van der Waals surface area contributed by atoms with Crippen LogP contribution in [0.25, 0.3) is 10.6 Å². The number of ether oxygens (including phenoxy) is 1. The van der Waals surface area contributed by atoms with Gasteiger partial charge in [-0.2, -0.15) is 0 Å². The predicted octanol–water partition coefficient (Wildman–Crippen LogP) is 2.37. The number of hydrogen-bond acceptors (Lipinski definition) is 7. The number of benzene rings is 1. The minimum Gasteiger partial charge on any atom is -0.490 e. The molecule has 0 atom stereocenters. The number of nitrogens with zero attached hydrogens (tertiary/aromatic N) is 3. The molecule has 0 aliphatic heterocycles. The summed E-state index contributed by atoms with van der Waals surface area (Å²) >= 11 is 1.44. The van der Waals surface area contributed by atoms with E-state index in [-0.39, 0.29) is 11.4 Å². The summed E-state index contributed by atoms with van der Waals surface area (Å²) in [7, 11) is 1.41. The quantitative estimate of drug-likeness (QED) is 0.651. The SMILES string of the molecule is COc1ccc(-c2nnc(CNC3CC3)s2)cc1[N+](=O)[O-]. The van der Waals surface area contributed by atoms with Crippen molar-refractivity contribution in [1.29, 1.82) is 0 Å². The molecule has 2 aromatic rings. The molecule has 3 rings (SSSR count). The first kappa shape index (κ1) is 13.9. The van der Waals surface area contributed by atoms with Gasteiger partial charge in [0, 0.05) is 24.2 Å². The average molecular weight is 306 g/mol. The van der Waals surface area contributed by atoms with Gasteiger partial charge in [0.25, 0.3) is 0 Å². The minimum atomic E-state index is -0.459. The number of nitro benzene ring substituents is 1. The van der Waals surface area contributed by atoms with Crippen LogP contribution in [0.1, 0.15) is 17.8 Å². The van der Waals surface area contributed by atoms with Gasteiger partial charge in [-0.1, -0.05) is 11.3 Å². The smallest absolute Gasteiger partial charge is 0.311 e. The third-order valence-electron chi connectivity index (χ3n) is 3.21. The second-order valence-corrected chi connectivity index (χ2v) is 5.86. The standard InChI is InChI=1S/C13H14N4O3S/c1-20-11-5-2-8(6-10(11)17(18)19)13-16-15-12(21-13)7-14-9-3-4-9/h2,5-6,9,14H,3-4,7H2,1H3. The lowest BCUT2D eigenvalue weighted by Crippen LogP contribution is -2.14. The van der Waals surface area contributed by atoms with Crippen molar-refractivity contribution in [3.63, 3.8) is 0 Å². The molecule has 0 bridgehead atoms. The maximum Gasteiger partial charge on any atom is 0.311 e. The molecule has 1 N–H and O–H groups in total. The lowest BCUT2D eigenvalue weighted by Gasteiger charge is -2.02. The highest BCUT2D eigenvalue weighted by molar-refractivity contribution is 7.14. The highest BCUT2D eigenvalue weighted by atomic mass is 32.1. The van der Waals surface area contributed by atoms with Crippen LogP contribution in [0, 0.1) is 10.1 Å². The minimum absolute atomic E-state index is 0.0668. The molecule has 1 aromatic heterocycles. The lowest BCUT2D eigenvalue weighted by molar-refractivity contribution is -0.385. The summed E-state index contributed by atoms with van der Waals surface area (Å²) < 4.78 is 4.99. The van der Waals surface area contributed by atoms with E-state index in [1.54, 1.807) is 12.1 Å². The zero-order valence-electron chi connectivity index (χ0n) is 11.4. The van der Waals surface area contributed by atoms with Gasteiger partial charge in [0.15, 0.2) is 5.75 Å². The lowest BCUT2D eigenvalue weighted by atomic mass is 10.2. The first-order valence-electron chi connectivity index (χ1n) is 6.56. The van der Waals surface area contributed by atoms with Crippen molar-refractivity contribution in [3.05, 3.63) is 33.3 Å². The van der Waals surface area contributed by atoms with E-state index >= 15 is 0 Å². The molecule has 0 radical (unpaired) electrons. The van der Waals surface area contributed by atoms with Crippen LogP contribution in [0.5, 0.6) is 5.75 Å². The van der Waals surface area contributed by atoms with Crippen LogP contribution >= 0.6 is 11.3 Å². The molecular weight excluding hydrogens is 292 g/mol. The zero-order chi connectivity index (χ0) is 14.8. The average Bonchev–Trinajstić information content (AvgIpc) is 3.21. The second-order valence-electron chi connectivity index (χ2n) is 4.80. The number of hydrogen-bond donors (Lipinski definition) is 1. The zero-order valence-corrected chi connectivity index (χ0v) is 12.2. The summed E-state index contributed by atoms with van der Waals surface area (Å²) in [6, 6.07) is 5.42. The van der Waals surface area contributed by atoms with Crippen LogP contribution in [0.4, 0.5) is 5.69 Å². The third-order valence-corrected chi connectivity index (χ3v) is 4.18. The summed E-state index contributed by atoms with van der Waals surface area (Å²) in [5.41, 5.74) is 0.612. The van der Waals surface area contributed by atoms with Crippen LogP contribution in [0.3, 0.4) is 0 Å². The summed E-state index contributed by atoms with van der Waals surface area (Å²) in [6.45, 7) is 0.695. The normalized spacial score (nSPS) is 14.1.